The first kappa shape index (κ1) is 26.8. The van der Waals surface area contributed by atoms with Crippen molar-refractivity contribution in [3.63, 3.8) is 0 Å². The summed E-state index contributed by atoms with van der Waals surface area (Å²) in [7, 11) is 0. The predicted molar refractivity (Wildman–Crippen MR) is 144 cm³/mol. The first-order valence-electron chi connectivity index (χ1n) is 12.9. The lowest BCUT2D eigenvalue weighted by molar-refractivity contribution is -0.129. The van der Waals surface area contributed by atoms with E-state index in [0.717, 1.165) is 24.0 Å². The first-order valence-corrected chi connectivity index (χ1v) is 13.3. The lowest BCUT2D eigenvalue weighted by atomic mass is 10.00. The van der Waals surface area contributed by atoms with E-state index >= 15 is 0 Å². The van der Waals surface area contributed by atoms with Gasteiger partial charge >= 0.3 is 0 Å². The van der Waals surface area contributed by atoms with Crippen LogP contribution in [-0.2, 0) is 9.59 Å². The summed E-state index contributed by atoms with van der Waals surface area (Å²) in [6.45, 7) is 0.548. The van der Waals surface area contributed by atoms with Crippen LogP contribution >= 0.6 is 11.6 Å². The highest BCUT2D eigenvalue weighted by Gasteiger charge is 2.32. The van der Waals surface area contributed by atoms with Gasteiger partial charge in [0.1, 0.15) is 17.7 Å². The smallest absolute Gasteiger partial charge is 0.292 e. The number of carbonyl (C=O) groups is 3. The molecule has 1 aliphatic heterocycles. The van der Waals surface area contributed by atoms with Gasteiger partial charge in [-0.05, 0) is 60.2 Å². The van der Waals surface area contributed by atoms with Crippen molar-refractivity contribution in [3.05, 3.63) is 88.7 Å². The standard InChI is InChI=1S/C30H28ClFN2O5/c31-24-16-21(9-14-26(24)39-23-12-13-23)28(36)25(17-34-15-1-2-27(34)35)33-30(38)29(37)20-5-3-18(4-6-20)19-7-10-22(32)11-8-19/h3-11,14,16,23,25,28,36H,1-2,12-13,15,17H2,(H,33,38)/t25-,28-/m1/s1. The summed E-state index contributed by atoms with van der Waals surface area (Å²) in [5.41, 5.74) is 2.12. The van der Waals surface area contributed by atoms with E-state index in [1.165, 1.54) is 24.3 Å². The molecule has 3 aromatic rings. The van der Waals surface area contributed by atoms with Crippen LogP contribution in [0.4, 0.5) is 4.39 Å². The first-order chi connectivity index (χ1) is 18.8. The number of amides is 2. The normalized spacial score (nSPS) is 16.6. The maximum Gasteiger partial charge on any atom is 0.292 e. The highest BCUT2D eigenvalue weighted by molar-refractivity contribution is 6.42. The number of hydrogen-bond donors (Lipinski definition) is 2. The Balaban J connectivity index is 1.31. The molecule has 5 rings (SSSR count). The minimum absolute atomic E-state index is 0.0421. The fraction of sp³-hybridized carbons (Fsp3) is 0.300. The average Bonchev–Trinajstić information content (AvgIpc) is 3.68. The van der Waals surface area contributed by atoms with Crippen LogP contribution in [0.5, 0.6) is 5.75 Å². The van der Waals surface area contributed by atoms with Gasteiger partial charge in [-0.2, -0.15) is 0 Å². The van der Waals surface area contributed by atoms with Crippen molar-refractivity contribution >= 4 is 29.2 Å². The molecular weight excluding hydrogens is 523 g/mol. The van der Waals surface area contributed by atoms with Gasteiger partial charge in [0.15, 0.2) is 0 Å². The van der Waals surface area contributed by atoms with Crippen molar-refractivity contribution in [2.24, 2.45) is 0 Å². The largest absolute Gasteiger partial charge is 0.489 e. The van der Waals surface area contributed by atoms with Gasteiger partial charge in [0, 0.05) is 25.1 Å². The van der Waals surface area contributed by atoms with Crippen molar-refractivity contribution in [1.29, 1.82) is 0 Å². The minimum Gasteiger partial charge on any atom is -0.489 e. The van der Waals surface area contributed by atoms with Crippen LogP contribution in [-0.4, -0.2) is 52.8 Å². The Morgan fingerprint density at radius 1 is 1.05 bits per heavy atom. The van der Waals surface area contributed by atoms with E-state index in [1.807, 2.05) is 0 Å². The highest BCUT2D eigenvalue weighted by Crippen LogP contribution is 2.34. The summed E-state index contributed by atoms with van der Waals surface area (Å²) in [6.07, 6.45) is 1.96. The summed E-state index contributed by atoms with van der Waals surface area (Å²) in [5, 5.41) is 14.2. The number of Topliss-reactive ketones (excluding diaryl/α,β-unsaturated/α-hetero) is 1. The molecule has 2 aliphatic rings. The second kappa shape index (κ2) is 11.6. The molecule has 3 aromatic carbocycles. The number of likely N-dealkylation sites (tertiary alicyclic amines) is 1. The number of nitrogens with zero attached hydrogens (tertiary/aromatic N) is 1. The Hall–Kier alpha value is -3.75. The zero-order chi connectivity index (χ0) is 27.5. The van der Waals surface area contributed by atoms with E-state index in [0.29, 0.717) is 35.7 Å². The van der Waals surface area contributed by atoms with Crippen molar-refractivity contribution in [3.8, 4) is 16.9 Å². The molecule has 0 bridgehead atoms. The molecule has 1 saturated carbocycles. The molecule has 39 heavy (non-hydrogen) atoms. The Bertz CT molecular complexity index is 1380. The number of ketones is 1. The van der Waals surface area contributed by atoms with Crippen LogP contribution in [0.1, 0.15) is 47.7 Å². The molecular formula is C30H28ClFN2O5. The monoisotopic (exact) mass is 550 g/mol. The molecule has 0 aromatic heterocycles. The summed E-state index contributed by atoms with van der Waals surface area (Å²) in [4.78, 5) is 39.9. The van der Waals surface area contributed by atoms with Crippen molar-refractivity contribution < 1.29 is 28.6 Å². The molecule has 2 N–H and O–H groups in total. The molecule has 1 heterocycles. The fourth-order valence-corrected chi connectivity index (χ4v) is 4.81. The lowest BCUT2D eigenvalue weighted by Crippen LogP contribution is -2.49. The molecule has 9 heteroatoms. The molecule has 2 fully saturated rings. The molecule has 1 saturated heterocycles. The molecule has 1 aliphatic carbocycles. The average molecular weight is 551 g/mol. The van der Waals surface area contributed by atoms with Gasteiger partial charge in [-0.25, -0.2) is 4.39 Å². The van der Waals surface area contributed by atoms with Crippen LogP contribution in [0.15, 0.2) is 66.7 Å². The maximum atomic E-state index is 13.2. The number of carbonyl (C=O) groups excluding carboxylic acids is 3. The van der Waals surface area contributed by atoms with Crippen molar-refractivity contribution in [1.82, 2.24) is 10.2 Å². The van der Waals surface area contributed by atoms with Gasteiger partial charge < -0.3 is 20.1 Å². The van der Waals surface area contributed by atoms with E-state index in [4.69, 9.17) is 16.3 Å². The Morgan fingerprint density at radius 2 is 1.72 bits per heavy atom. The molecule has 7 nitrogen and oxygen atoms in total. The maximum absolute atomic E-state index is 13.2. The molecule has 0 radical (unpaired) electrons. The second-order valence-corrected chi connectivity index (χ2v) is 10.3. The molecule has 0 spiro atoms. The van der Waals surface area contributed by atoms with E-state index in [-0.39, 0.29) is 29.9 Å². The molecule has 0 unspecified atom stereocenters. The third-order valence-corrected chi connectivity index (χ3v) is 7.23. The van der Waals surface area contributed by atoms with Crippen LogP contribution in [0.3, 0.4) is 0 Å². The van der Waals surface area contributed by atoms with E-state index in [9.17, 15) is 23.9 Å². The Labute approximate surface area is 230 Å². The summed E-state index contributed by atoms with van der Waals surface area (Å²) in [6, 6.07) is 16.3. The van der Waals surface area contributed by atoms with Crippen LogP contribution in [0.2, 0.25) is 5.02 Å². The summed E-state index contributed by atoms with van der Waals surface area (Å²) in [5.74, 6) is -1.59. The number of aliphatic hydroxyl groups is 1. The Morgan fingerprint density at radius 3 is 2.31 bits per heavy atom. The number of hydrogen-bond acceptors (Lipinski definition) is 5. The second-order valence-electron chi connectivity index (χ2n) is 9.89. The highest BCUT2D eigenvalue weighted by atomic mass is 35.5. The zero-order valence-corrected chi connectivity index (χ0v) is 21.9. The quantitative estimate of drug-likeness (QED) is 0.281. The van der Waals surface area contributed by atoms with Gasteiger partial charge in [-0.1, -0.05) is 54.1 Å². The van der Waals surface area contributed by atoms with Gasteiger partial charge in [-0.3, -0.25) is 14.4 Å². The predicted octanol–water partition coefficient (Wildman–Crippen LogP) is 4.71. The van der Waals surface area contributed by atoms with Gasteiger partial charge in [-0.15, -0.1) is 0 Å². The SMILES string of the molecule is O=C(N[C@H](CN1CCCC1=O)[C@H](O)c1ccc(OC2CC2)c(Cl)c1)C(=O)c1ccc(-c2ccc(F)cc2)cc1. The topological polar surface area (TPSA) is 95.9 Å². The number of rotatable bonds is 10. The zero-order valence-electron chi connectivity index (χ0n) is 21.1. The number of halogens is 2. The lowest BCUT2D eigenvalue weighted by Gasteiger charge is -2.29. The number of aliphatic hydroxyl groups excluding tert-OH is 1. The van der Waals surface area contributed by atoms with Crippen LogP contribution in [0.25, 0.3) is 11.1 Å². The van der Waals surface area contributed by atoms with Crippen LogP contribution in [0, 0.1) is 5.82 Å². The molecule has 202 valence electrons. The third-order valence-electron chi connectivity index (χ3n) is 6.93. The van der Waals surface area contributed by atoms with E-state index in [1.54, 1.807) is 47.4 Å². The number of benzene rings is 3. The third kappa shape index (κ3) is 6.46. The molecule has 2 atom stereocenters. The fourth-order valence-electron chi connectivity index (χ4n) is 4.57. The van der Waals surface area contributed by atoms with E-state index < -0.39 is 23.8 Å². The number of ether oxygens (including phenoxy) is 1. The Kier molecular flexibility index (Phi) is 7.95. The van der Waals surface area contributed by atoms with Gasteiger partial charge in [0.2, 0.25) is 11.7 Å². The van der Waals surface area contributed by atoms with Gasteiger partial charge in [0.05, 0.1) is 17.2 Å². The van der Waals surface area contributed by atoms with Crippen molar-refractivity contribution in [2.45, 2.75) is 43.9 Å². The summed E-state index contributed by atoms with van der Waals surface area (Å²) >= 11 is 6.38. The molecule has 2 amide bonds. The number of nitrogens with one attached hydrogen (secondary N) is 1. The van der Waals surface area contributed by atoms with Crippen LogP contribution < -0.4 is 10.1 Å². The van der Waals surface area contributed by atoms with Gasteiger partial charge in [0.25, 0.3) is 5.91 Å². The van der Waals surface area contributed by atoms with E-state index in [2.05, 4.69) is 5.32 Å². The van der Waals surface area contributed by atoms with Crippen molar-refractivity contribution in [2.75, 3.05) is 13.1 Å². The summed E-state index contributed by atoms with van der Waals surface area (Å²) < 4.78 is 19.0. The minimum atomic E-state index is -1.23.